The molecule has 0 aromatic carbocycles. The molecule has 114 valence electrons. The molecule has 1 saturated carbocycles. The molecular weight excluding hydrogens is 272 g/mol. The van der Waals surface area contributed by atoms with E-state index in [0.29, 0.717) is 11.8 Å². The summed E-state index contributed by atoms with van der Waals surface area (Å²) in [5, 5.41) is 0. The molecule has 2 fully saturated rings. The Morgan fingerprint density at radius 2 is 1.95 bits per heavy atom. The molecule has 1 aromatic rings. The number of aromatic nitrogens is 2. The fourth-order valence-electron chi connectivity index (χ4n) is 3.46. The highest BCUT2D eigenvalue weighted by Crippen LogP contribution is 2.35. The van der Waals surface area contributed by atoms with Crippen LogP contribution in [0.15, 0.2) is 21.9 Å². The summed E-state index contributed by atoms with van der Waals surface area (Å²) in [6, 6.07) is 1.52. The number of carbonyl (C=O) groups excluding carboxylic acids is 1. The predicted molar refractivity (Wildman–Crippen MR) is 76.7 cm³/mol. The van der Waals surface area contributed by atoms with Gasteiger partial charge in [-0.15, -0.1) is 0 Å². The highest BCUT2D eigenvalue weighted by molar-refractivity contribution is 5.76. The molecule has 1 aliphatic carbocycles. The standard InChI is InChI=1S/C14H20N4O3/c15-13-9-1-2-10(13)8-18(7-9)12(20)4-6-17-5-3-11(19)16-14(17)21/h3,5,9-10,13H,1-2,4,6-8,15H2,(H,16,19,21)/t9-,10+,13?. The van der Waals surface area contributed by atoms with Gasteiger partial charge in [-0.05, 0) is 24.7 Å². The normalized spacial score (nSPS) is 27.9. The van der Waals surface area contributed by atoms with Crippen LogP contribution in [0.3, 0.4) is 0 Å². The Balaban J connectivity index is 1.60. The summed E-state index contributed by atoms with van der Waals surface area (Å²) in [4.78, 5) is 38.9. The third-order valence-electron chi connectivity index (χ3n) is 4.72. The van der Waals surface area contributed by atoms with E-state index < -0.39 is 11.2 Å². The molecule has 21 heavy (non-hydrogen) atoms. The van der Waals surface area contributed by atoms with Crippen LogP contribution in [-0.2, 0) is 11.3 Å². The first-order valence-electron chi connectivity index (χ1n) is 7.38. The van der Waals surface area contributed by atoms with Gasteiger partial charge in [-0.1, -0.05) is 0 Å². The number of fused-ring (bicyclic) bond motifs is 2. The number of aryl methyl sites for hydroxylation is 1. The van der Waals surface area contributed by atoms with E-state index in [0.717, 1.165) is 25.9 Å². The topological polar surface area (TPSA) is 101 Å². The van der Waals surface area contributed by atoms with Crippen molar-refractivity contribution in [1.29, 1.82) is 0 Å². The Morgan fingerprint density at radius 3 is 2.57 bits per heavy atom. The largest absolute Gasteiger partial charge is 0.342 e. The first-order chi connectivity index (χ1) is 10.0. The monoisotopic (exact) mass is 292 g/mol. The number of amides is 1. The van der Waals surface area contributed by atoms with Crippen molar-refractivity contribution in [1.82, 2.24) is 14.5 Å². The number of carbonyl (C=O) groups is 1. The first-order valence-corrected chi connectivity index (χ1v) is 7.38. The van der Waals surface area contributed by atoms with Gasteiger partial charge in [-0.25, -0.2) is 4.79 Å². The van der Waals surface area contributed by atoms with Crippen LogP contribution in [0.5, 0.6) is 0 Å². The maximum atomic E-state index is 12.3. The van der Waals surface area contributed by atoms with E-state index in [1.165, 1.54) is 16.8 Å². The SMILES string of the molecule is NC1[C@@H]2CC[C@H]1CN(C(=O)CCn1ccc(=O)[nH]c1=O)C2. The molecule has 0 radical (unpaired) electrons. The van der Waals surface area contributed by atoms with Crippen molar-refractivity contribution in [2.75, 3.05) is 13.1 Å². The van der Waals surface area contributed by atoms with E-state index in [9.17, 15) is 14.4 Å². The molecule has 1 unspecified atom stereocenters. The van der Waals surface area contributed by atoms with Crippen molar-refractivity contribution in [2.45, 2.75) is 31.8 Å². The summed E-state index contributed by atoms with van der Waals surface area (Å²) in [6.45, 7) is 1.75. The lowest BCUT2D eigenvalue weighted by Gasteiger charge is -2.36. The first kappa shape index (κ1) is 14.1. The molecule has 7 heteroatoms. The molecule has 2 aliphatic rings. The van der Waals surface area contributed by atoms with Gasteiger partial charge in [0, 0.05) is 44.4 Å². The second kappa shape index (κ2) is 5.48. The van der Waals surface area contributed by atoms with Crippen molar-refractivity contribution >= 4 is 5.91 Å². The lowest BCUT2D eigenvalue weighted by atomic mass is 9.93. The van der Waals surface area contributed by atoms with Crippen LogP contribution in [0.1, 0.15) is 19.3 Å². The number of hydrogen-bond acceptors (Lipinski definition) is 4. The van der Waals surface area contributed by atoms with Crippen molar-refractivity contribution in [3.8, 4) is 0 Å². The Labute approximate surface area is 121 Å². The van der Waals surface area contributed by atoms with Crippen LogP contribution >= 0.6 is 0 Å². The van der Waals surface area contributed by atoms with Gasteiger partial charge in [0.05, 0.1) is 0 Å². The van der Waals surface area contributed by atoms with Crippen molar-refractivity contribution in [3.63, 3.8) is 0 Å². The summed E-state index contributed by atoms with van der Waals surface area (Å²) >= 11 is 0. The quantitative estimate of drug-likeness (QED) is 0.755. The molecule has 3 rings (SSSR count). The zero-order chi connectivity index (χ0) is 15.0. The number of nitrogens with two attached hydrogens (primary N) is 1. The van der Waals surface area contributed by atoms with Gasteiger partial charge in [0.25, 0.3) is 5.56 Å². The minimum atomic E-state index is -0.476. The number of H-pyrrole nitrogens is 1. The number of aromatic amines is 1. The summed E-state index contributed by atoms with van der Waals surface area (Å²) in [7, 11) is 0. The lowest BCUT2D eigenvalue weighted by molar-refractivity contribution is -0.133. The van der Waals surface area contributed by atoms with Gasteiger partial charge in [0.1, 0.15) is 0 Å². The summed E-state index contributed by atoms with van der Waals surface area (Å²) in [5.41, 5.74) is 5.23. The van der Waals surface area contributed by atoms with Gasteiger partial charge in [0.2, 0.25) is 5.91 Å². The number of piperidine rings is 1. The second-order valence-electron chi connectivity index (χ2n) is 6.03. The molecule has 3 N–H and O–H groups in total. The van der Waals surface area contributed by atoms with Crippen LogP contribution in [0.4, 0.5) is 0 Å². The lowest BCUT2D eigenvalue weighted by Crippen LogP contribution is -2.50. The fraction of sp³-hybridized carbons (Fsp3) is 0.643. The van der Waals surface area contributed by atoms with Crippen LogP contribution in [0, 0.1) is 11.8 Å². The van der Waals surface area contributed by atoms with Gasteiger partial charge in [0.15, 0.2) is 0 Å². The summed E-state index contributed by atoms with van der Waals surface area (Å²) in [5.74, 6) is 0.893. The molecule has 1 aromatic heterocycles. The molecular formula is C14H20N4O3. The zero-order valence-electron chi connectivity index (χ0n) is 11.8. The van der Waals surface area contributed by atoms with E-state index >= 15 is 0 Å². The Morgan fingerprint density at radius 1 is 1.29 bits per heavy atom. The van der Waals surface area contributed by atoms with Crippen LogP contribution in [0.2, 0.25) is 0 Å². The predicted octanol–water partition coefficient (Wildman–Crippen LogP) is -0.878. The molecule has 1 amide bonds. The van der Waals surface area contributed by atoms with E-state index in [4.69, 9.17) is 5.73 Å². The molecule has 1 aliphatic heterocycles. The summed E-state index contributed by atoms with van der Waals surface area (Å²) < 4.78 is 1.35. The Bertz CT molecular complexity index is 636. The zero-order valence-corrected chi connectivity index (χ0v) is 11.8. The maximum Gasteiger partial charge on any atom is 0.328 e. The van der Waals surface area contributed by atoms with E-state index in [2.05, 4.69) is 4.98 Å². The maximum absolute atomic E-state index is 12.3. The average molecular weight is 292 g/mol. The van der Waals surface area contributed by atoms with E-state index in [1.54, 1.807) is 0 Å². The van der Waals surface area contributed by atoms with Crippen LogP contribution in [-0.4, -0.2) is 39.5 Å². The minimum absolute atomic E-state index is 0.0527. The van der Waals surface area contributed by atoms with Gasteiger partial charge < -0.3 is 15.2 Å². The van der Waals surface area contributed by atoms with Crippen molar-refractivity contribution in [2.24, 2.45) is 17.6 Å². The minimum Gasteiger partial charge on any atom is -0.342 e. The third kappa shape index (κ3) is 2.78. The molecule has 2 bridgehead atoms. The molecule has 7 nitrogen and oxygen atoms in total. The number of nitrogens with zero attached hydrogens (tertiary/aromatic N) is 2. The number of nitrogens with one attached hydrogen (secondary N) is 1. The van der Waals surface area contributed by atoms with E-state index in [-0.39, 0.29) is 24.9 Å². The van der Waals surface area contributed by atoms with Gasteiger partial charge in [-0.2, -0.15) is 0 Å². The highest BCUT2D eigenvalue weighted by Gasteiger charge is 2.40. The molecule has 3 atom stereocenters. The van der Waals surface area contributed by atoms with E-state index in [1.807, 2.05) is 4.90 Å². The molecule has 2 heterocycles. The third-order valence-corrected chi connectivity index (χ3v) is 4.72. The van der Waals surface area contributed by atoms with Gasteiger partial charge in [-0.3, -0.25) is 14.6 Å². The Hall–Kier alpha value is -1.89. The summed E-state index contributed by atoms with van der Waals surface area (Å²) in [6.07, 6.45) is 3.90. The second-order valence-corrected chi connectivity index (χ2v) is 6.03. The van der Waals surface area contributed by atoms with Gasteiger partial charge >= 0.3 is 5.69 Å². The average Bonchev–Trinajstić information content (AvgIpc) is 2.67. The number of likely N-dealkylation sites (tertiary alicyclic amines) is 1. The van der Waals surface area contributed by atoms with Crippen LogP contribution < -0.4 is 17.0 Å². The van der Waals surface area contributed by atoms with Crippen LogP contribution in [0.25, 0.3) is 0 Å². The number of hydrogen-bond donors (Lipinski definition) is 2. The van der Waals surface area contributed by atoms with Crippen molar-refractivity contribution < 1.29 is 4.79 Å². The fourth-order valence-corrected chi connectivity index (χ4v) is 3.46. The smallest absolute Gasteiger partial charge is 0.328 e. The molecule has 0 spiro atoms. The van der Waals surface area contributed by atoms with Crippen molar-refractivity contribution in [3.05, 3.63) is 33.1 Å². The molecule has 1 saturated heterocycles. The number of rotatable bonds is 3. The Kier molecular flexibility index (Phi) is 3.67. The highest BCUT2D eigenvalue weighted by atomic mass is 16.2.